The highest BCUT2D eigenvalue weighted by Crippen LogP contribution is 2.15. The Kier molecular flexibility index (Phi) is 4.07. The van der Waals surface area contributed by atoms with Crippen molar-refractivity contribution in [3.05, 3.63) is 29.6 Å². The maximum Gasteiger partial charge on any atom is 0.123 e. The molecule has 0 aromatic heterocycles. The molecular formula is C10H14FNOS. The van der Waals surface area contributed by atoms with Crippen molar-refractivity contribution in [3.8, 4) is 0 Å². The van der Waals surface area contributed by atoms with Gasteiger partial charge >= 0.3 is 0 Å². The standard InChI is InChI=1S/C10H14FNOS/c1-2-5-14(13)7-8-6-9(11)3-4-10(8)12/h3-4,6H,2,5,7,12H2,1H3. The Hall–Kier alpha value is -0.900. The molecule has 1 aromatic carbocycles. The smallest absolute Gasteiger partial charge is 0.123 e. The predicted octanol–water partition coefficient (Wildman–Crippen LogP) is 2.07. The average Bonchev–Trinajstić information content (AvgIpc) is 2.12. The molecule has 1 unspecified atom stereocenters. The van der Waals surface area contributed by atoms with E-state index < -0.39 is 10.8 Å². The summed E-state index contributed by atoms with van der Waals surface area (Å²) in [6.07, 6.45) is 0.863. The molecule has 0 heterocycles. The third kappa shape index (κ3) is 3.10. The number of hydrogen-bond donors (Lipinski definition) is 1. The van der Waals surface area contributed by atoms with Crippen LogP contribution in [0.2, 0.25) is 0 Å². The van der Waals surface area contributed by atoms with E-state index in [-0.39, 0.29) is 5.82 Å². The van der Waals surface area contributed by atoms with E-state index in [0.717, 1.165) is 6.42 Å². The molecule has 1 atom stereocenters. The normalized spacial score (nSPS) is 12.7. The van der Waals surface area contributed by atoms with Crippen LogP contribution >= 0.6 is 0 Å². The van der Waals surface area contributed by atoms with Crippen LogP contribution in [-0.4, -0.2) is 9.96 Å². The lowest BCUT2D eigenvalue weighted by Gasteiger charge is -2.04. The lowest BCUT2D eigenvalue weighted by molar-refractivity contribution is 0.626. The van der Waals surface area contributed by atoms with Gasteiger partial charge in [0.2, 0.25) is 0 Å². The van der Waals surface area contributed by atoms with Gasteiger partial charge in [0.05, 0.1) is 5.75 Å². The van der Waals surface area contributed by atoms with Crippen LogP contribution in [0.4, 0.5) is 10.1 Å². The molecule has 4 heteroatoms. The number of nitrogens with two attached hydrogens (primary N) is 1. The van der Waals surface area contributed by atoms with Crippen molar-refractivity contribution in [1.29, 1.82) is 0 Å². The molecule has 14 heavy (non-hydrogen) atoms. The van der Waals surface area contributed by atoms with Gasteiger partial charge in [0.25, 0.3) is 0 Å². The Bertz CT molecular complexity index is 341. The molecule has 0 bridgehead atoms. The minimum absolute atomic E-state index is 0.331. The van der Waals surface area contributed by atoms with Crippen LogP contribution in [0.15, 0.2) is 18.2 Å². The first-order valence-electron chi connectivity index (χ1n) is 4.52. The number of anilines is 1. The van der Waals surface area contributed by atoms with Gasteiger partial charge in [-0.3, -0.25) is 4.21 Å². The van der Waals surface area contributed by atoms with Gasteiger partial charge in [0.1, 0.15) is 5.82 Å². The molecule has 78 valence electrons. The topological polar surface area (TPSA) is 43.1 Å². The molecule has 0 saturated carbocycles. The molecule has 0 radical (unpaired) electrons. The lowest BCUT2D eigenvalue weighted by Crippen LogP contribution is -2.03. The van der Waals surface area contributed by atoms with Crippen LogP contribution in [0.25, 0.3) is 0 Å². The van der Waals surface area contributed by atoms with Crippen molar-refractivity contribution in [3.63, 3.8) is 0 Å². The predicted molar refractivity (Wildman–Crippen MR) is 57.8 cm³/mol. The highest BCUT2D eigenvalue weighted by atomic mass is 32.2. The zero-order chi connectivity index (χ0) is 10.6. The Morgan fingerprint density at radius 3 is 2.86 bits per heavy atom. The summed E-state index contributed by atoms with van der Waals surface area (Å²) in [5.74, 6) is 0.649. The van der Waals surface area contributed by atoms with E-state index in [1.165, 1.54) is 18.2 Å². The molecule has 2 N–H and O–H groups in total. The SMILES string of the molecule is CCCS(=O)Cc1cc(F)ccc1N. The van der Waals surface area contributed by atoms with Gasteiger partial charge < -0.3 is 5.73 Å². The van der Waals surface area contributed by atoms with Crippen LogP contribution in [0.3, 0.4) is 0 Å². The average molecular weight is 215 g/mol. The highest BCUT2D eigenvalue weighted by Gasteiger charge is 2.05. The maximum atomic E-state index is 12.8. The minimum atomic E-state index is -0.936. The monoisotopic (exact) mass is 215 g/mol. The summed E-state index contributed by atoms with van der Waals surface area (Å²) >= 11 is 0. The fourth-order valence-electron chi connectivity index (χ4n) is 1.17. The van der Waals surface area contributed by atoms with Crippen molar-refractivity contribution in [2.45, 2.75) is 19.1 Å². The number of halogens is 1. The summed E-state index contributed by atoms with van der Waals surface area (Å²) in [4.78, 5) is 0. The van der Waals surface area contributed by atoms with Gasteiger partial charge in [0.15, 0.2) is 0 Å². The largest absolute Gasteiger partial charge is 0.398 e. The van der Waals surface area contributed by atoms with Gasteiger partial charge in [0, 0.05) is 22.2 Å². The maximum absolute atomic E-state index is 12.8. The highest BCUT2D eigenvalue weighted by molar-refractivity contribution is 7.84. The number of nitrogen functional groups attached to an aromatic ring is 1. The molecule has 0 aliphatic heterocycles. The molecule has 0 spiro atoms. The van der Waals surface area contributed by atoms with E-state index in [4.69, 9.17) is 5.73 Å². The Labute approximate surface area is 85.8 Å². The molecule has 0 aliphatic carbocycles. The van der Waals surface area contributed by atoms with Crippen molar-refractivity contribution in [2.75, 3.05) is 11.5 Å². The van der Waals surface area contributed by atoms with Crippen LogP contribution < -0.4 is 5.73 Å². The summed E-state index contributed by atoms with van der Waals surface area (Å²) < 4.78 is 24.2. The quantitative estimate of drug-likeness (QED) is 0.781. The van der Waals surface area contributed by atoms with E-state index in [2.05, 4.69) is 0 Å². The molecule has 0 fully saturated rings. The van der Waals surface area contributed by atoms with Gasteiger partial charge in [-0.2, -0.15) is 0 Å². The van der Waals surface area contributed by atoms with Crippen molar-refractivity contribution in [1.82, 2.24) is 0 Å². The zero-order valence-electron chi connectivity index (χ0n) is 8.13. The van der Waals surface area contributed by atoms with Crippen molar-refractivity contribution >= 4 is 16.5 Å². The lowest BCUT2D eigenvalue weighted by atomic mass is 10.2. The van der Waals surface area contributed by atoms with Gasteiger partial charge in [-0.15, -0.1) is 0 Å². The van der Waals surface area contributed by atoms with Gasteiger partial charge in [-0.1, -0.05) is 6.92 Å². The zero-order valence-corrected chi connectivity index (χ0v) is 8.94. The summed E-state index contributed by atoms with van der Waals surface area (Å²) in [5.41, 5.74) is 6.78. The molecule has 0 saturated heterocycles. The van der Waals surface area contributed by atoms with E-state index in [1.807, 2.05) is 6.92 Å². The fourth-order valence-corrected chi connectivity index (χ4v) is 2.37. The van der Waals surface area contributed by atoms with Crippen LogP contribution in [0.5, 0.6) is 0 Å². The summed E-state index contributed by atoms with van der Waals surface area (Å²) in [5, 5.41) is 0. The fraction of sp³-hybridized carbons (Fsp3) is 0.400. The van der Waals surface area contributed by atoms with Crippen LogP contribution in [0, 0.1) is 5.82 Å². The minimum Gasteiger partial charge on any atom is -0.398 e. The summed E-state index contributed by atoms with van der Waals surface area (Å²) in [6, 6.07) is 4.16. The number of rotatable bonds is 4. The van der Waals surface area contributed by atoms with Gasteiger partial charge in [-0.05, 0) is 30.2 Å². The second kappa shape index (κ2) is 5.10. The molecule has 0 amide bonds. The third-order valence-corrected chi connectivity index (χ3v) is 3.35. The Morgan fingerprint density at radius 1 is 1.50 bits per heavy atom. The van der Waals surface area contributed by atoms with E-state index in [1.54, 1.807) is 0 Å². The molecule has 2 nitrogen and oxygen atoms in total. The molecular weight excluding hydrogens is 201 g/mol. The van der Waals surface area contributed by atoms with E-state index in [0.29, 0.717) is 22.8 Å². The first-order chi connectivity index (χ1) is 6.63. The second-order valence-electron chi connectivity index (χ2n) is 3.13. The first kappa shape index (κ1) is 11.2. The second-order valence-corrected chi connectivity index (χ2v) is 4.71. The van der Waals surface area contributed by atoms with Gasteiger partial charge in [-0.25, -0.2) is 4.39 Å². The van der Waals surface area contributed by atoms with Crippen molar-refractivity contribution in [2.24, 2.45) is 0 Å². The Morgan fingerprint density at radius 2 is 2.21 bits per heavy atom. The summed E-state index contributed by atoms with van der Waals surface area (Å²) in [7, 11) is -0.936. The molecule has 1 aromatic rings. The molecule has 0 aliphatic rings. The Balaban J connectivity index is 2.75. The van der Waals surface area contributed by atoms with E-state index >= 15 is 0 Å². The first-order valence-corrected chi connectivity index (χ1v) is 6.01. The van der Waals surface area contributed by atoms with Crippen molar-refractivity contribution < 1.29 is 8.60 Å². The van der Waals surface area contributed by atoms with Crippen LogP contribution in [-0.2, 0) is 16.6 Å². The molecule has 1 rings (SSSR count). The third-order valence-electron chi connectivity index (χ3n) is 1.85. The number of hydrogen-bond acceptors (Lipinski definition) is 2. The van der Waals surface area contributed by atoms with Crippen LogP contribution in [0.1, 0.15) is 18.9 Å². The number of benzene rings is 1. The van der Waals surface area contributed by atoms with E-state index in [9.17, 15) is 8.60 Å². The summed E-state index contributed by atoms with van der Waals surface area (Å²) in [6.45, 7) is 1.97.